The zero-order valence-electron chi connectivity index (χ0n) is 13.8. The minimum absolute atomic E-state index is 0.126. The van der Waals surface area contributed by atoms with Crippen LogP contribution in [0.1, 0.15) is 32.3 Å². The summed E-state index contributed by atoms with van der Waals surface area (Å²) in [5, 5.41) is 2.81. The van der Waals surface area contributed by atoms with Crippen LogP contribution >= 0.6 is 0 Å². The number of carbonyl (C=O) groups excluding carboxylic acids is 1. The van der Waals surface area contributed by atoms with E-state index in [9.17, 15) is 13.2 Å². The van der Waals surface area contributed by atoms with Gasteiger partial charge >= 0.3 is 0 Å². The highest BCUT2D eigenvalue weighted by Gasteiger charge is 2.31. The van der Waals surface area contributed by atoms with E-state index < -0.39 is 10.0 Å². The number of amides is 1. The van der Waals surface area contributed by atoms with E-state index >= 15 is 0 Å². The molecule has 1 heterocycles. The Hall–Kier alpha value is -1.60. The fraction of sp³-hybridized carbons (Fsp3) is 0.562. The molecule has 1 unspecified atom stereocenters. The van der Waals surface area contributed by atoms with Gasteiger partial charge in [-0.25, -0.2) is 8.42 Å². The van der Waals surface area contributed by atoms with Crippen molar-refractivity contribution in [3.63, 3.8) is 0 Å². The highest BCUT2D eigenvalue weighted by atomic mass is 32.2. The Kier molecular flexibility index (Phi) is 5.64. The zero-order valence-corrected chi connectivity index (χ0v) is 14.6. The molecule has 0 radical (unpaired) electrons. The average molecular weight is 340 g/mol. The monoisotopic (exact) mass is 340 g/mol. The van der Waals surface area contributed by atoms with Gasteiger partial charge in [0.1, 0.15) is 5.75 Å². The number of hydrogen-bond donors (Lipinski definition) is 1. The summed E-state index contributed by atoms with van der Waals surface area (Å²) in [6, 6.07) is 4.89. The van der Waals surface area contributed by atoms with Gasteiger partial charge in [0.15, 0.2) is 0 Å². The van der Waals surface area contributed by atoms with E-state index in [1.807, 2.05) is 6.92 Å². The molecule has 6 nitrogen and oxygen atoms in total. The lowest BCUT2D eigenvalue weighted by molar-refractivity contribution is -0.119. The number of ether oxygens (including phenoxy) is 1. The van der Waals surface area contributed by atoms with Crippen LogP contribution in [0.15, 0.2) is 23.1 Å². The molecule has 0 aromatic heterocycles. The number of benzene rings is 1. The van der Waals surface area contributed by atoms with Crippen LogP contribution < -0.4 is 10.1 Å². The van der Waals surface area contributed by atoms with Gasteiger partial charge in [-0.15, -0.1) is 0 Å². The van der Waals surface area contributed by atoms with Crippen LogP contribution in [0.3, 0.4) is 0 Å². The van der Waals surface area contributed by atoms with E-state index in [4.69, 9.17) is 4.74 Å². The minimum atomic E-state index is -3.57. The van der Waals surface area contributed by atoms with E-state index in [2.05, 4.69) is 5.32 Å². The summed E-state index contributed by atoms with van der Waals surface area (Å²) in [5.74, 6) is 0.533. The van der Waals surface area contributed by atoms with Crippen molar-refractivity contribution >= 4 is 15.9 Å². The zero-order chi connectivity index (χ0) is 17.0. The van der Waals surface area contributed by atoms with Gasteiger partial charge in [-0.1, -0.05) is 0 Å². The van der Waals surface area contributed by atoms with Gasteiger partial charge in [0.2, 0.25) is 15.9 Å². The molecule has 0 aliphatic carbocycles. The third-order valence-electron chi connectivity index (χ3n) is 3.87. The van der Waals surface area contributed by atoms with Gasteiger partial charge in [0, 0.05) is 26.1 Å². The molecule has 0 bridgehead atoms. The molecule has 1 aliphatic rings. The smallest absolute Gasteiger partial charge is 0.243 e. The summed E-state index contributed by atoms with van der Waals surface area (Å²) >= 11 is 0. The Labute approximate surface area is 137 Å². The van der Waals surface area contributed by atoms with E-state index in [1.165, 1.54) is 11.2 Å². The molecule has 1 fully saturated rings. The summed E-state index contributed by atoms with van der Waals surface area (Å²) in [7, 11) is -3.57. The molecule has 7 heteroatoms. The van der Waals surface area contributed by atoms with Crippen LogP contribution in [-0.2, 0) is 14.8 Å². The van der Waals surface area contributed by atoms with Crippen LogP contribution in [0, 0.1) is 6.92 Å². The first-order chi connectivity index (χ1) is 10.8. The van der Waals surface area contributed by atoms with Gasteiger partial charge in [-0.05, 0) is 50.5 Å². The maximum Gasteiger partial charge on any atom is 0.243 e. The Balaban J connectivity index is 2.22. The van der Waals surface area contributed by atoms with Crippen LogP contribution in [0.4, 0.5) is 0 Å². The van der Waals surface area contributed by atoms with Crippen LogP contribution in [0.25, 0.3) is 0 Å². The number of aryl methyl sites for hydroxylation is 1. The topological polar surface area (TPSA) is 75.7 Å². The number of carbonyl (C=O) groups is 1. The van der Waals surface area contributed by atoms with Crippen molar-refractivity contribution in [2.75, 3.05) is 19.7 Å². The molecule has 1 aromatic carbocycles. The number of hydrogen-bond acceptors (Lipinski definition) is 4. The normalized spacial score (nSPS) is 19.3. The van der Waals surface area contributed by atoms with E-state index in [0.29, 0.717) is 35.9 Å². The second-order valence-electron chi connectivity index (χ2n) is 5.76. The van der Waals surface area contributed by atoms with Crippen molar-refractivity contribution in [1.82, 2.24) is 9.62 Å². The third-order valence-corrected chi connectivity index (χ3v) is 5.89. The molecule has 0 saturated carbocycles. The molecule has 0 spiro atoms. The lowest BCUT2D eigenvalue weighted by atomic mass is 10.1. The number of piperidine rings is 1. The highest BCUT2D eigenvalue weighted by Crippen LogP contribution is 2.26. The molecule has 1 amide bonds. The molecule has 1 N–H and O–H groups in total. The van der Waals surface area contributed by atoms with Crippen LogP contribution in [0.5, 0.6) is 5.75 Å². The molecular formula is C16H24N2O4S. The first kappa shape index (κ1) is 17.7. The van der Waals surface area contributed by atoms with Gasteiger partial charge in [0.05, 0.1) is 11.5 Å². The minimum Gasteiger partial charge on any atom is -0.494 e. The first-order valence-electron chi connectivity index (χ1n) is 7.85. The number of nitrogens with zero attached hydrogens (tertiary/aromatic N) is 1. The largest absolute Gasteiger partial charge is 0.494 e. The van der Waals surface area contributed by atoms with Gasteiger partial charge in [0.25, 0.3) is 0 Å². The summed E-state index contributed by atoms with van der Waals surface area (Å²) in [5.41, 5.74) is 0.664. The Morgan fingerprint density at radius 1 is 1.43 bits per heavy atom. The molecule has 23 heavy (non-hydrogen) atoms. The van der Waals surface area contributed by atoms with Gasteiger partial charge in [-0.3, -0.25) is 4.79 Å². The highest BCUT2D eigenvalue weighted by molar-refractivity contribution is 7.89. The molecule has 1 atom stereocenters. The predicted molar refractivity (Wildman–Crippen MR) is 87.9 cm³/mol. The third kappa shape index (κ3) is 4.23. The number of sulfonamides is 1. The fourth-order valence-corrected chi connectivity index (χ4v) is 4.60. The summed E-state index contributed by atoms with van der Waals surface area (Å²) in [4.78, 5) is 11.5. The second-order valence-corrected chi connectivity index (χ2v) is 7.67. The molecule has 1 aromatic rings. The first-order valence-corrected chi connectivity index (χ1v) is 9.29. The Morgan fingerprint density at radius 3 is 2.78 bits per heavy atom. The predicted octanol–water partition coefficient (Wildman–Crippen LogP) is 1.68. The standard InChI is InChI=1S/C16H24N2O4S/c1-4-22-15-7-8-16(12(2)10-15)23(20,21)18-9-5-6-14(11-18)17-13(3)19/h7-8,10,14H,4-6,9,11H2,1-3H3,(H,17,19). The Morgan fingerprint density at radius 2 is 2.17 bits per heavy atom. The summed E-state index contributed by atoms with van der Waals surface area (Å²) in [6.07, 6.45) is 1.54. The van der Waals surface area contributed by atoms with Gasteiger partial charge < -0.3 is 10.1 Å². The number of rotatable bonds is 5. The maximum atomic E-state index is 12.9. The van der Waals surface area contributed by atoms with Crippen molar-refractivity contribution in [3.05, 3.63) is 23.8 Å². The Bertz CT molecular complexity index is 673. The molecule has 128 valence electrons. The SMILES string of the molecule is CCOc1ccc(S(=O)(=O)N2CCCC(NC(C)=O)C2)c(C)c1. The quantitative estimate of drug-likeness (QED) is 0.885. The lowest BCUT2D eigenvalue weighted by Gasteiger charge is -2.32. The van der Waals surface area contributed by atoms with Crippen molar-refractivity contribution in [2.24, 2.45) is 0 Å². The van der Waals surface area contributed by atoms with E-state index in [0.717, 1.165) is 12.8 Å². The molecule has 1 saturated heterocycles. The molecular weight excluding hydrogens is 316 g/mol. The summed E-state index contributed by atoms with van der Waals surface area (Å²) in [6.45, 7) is 6.43. The van der Waals surface area contributed by atoms with E-state index in [1.54, 1.807) is 25.1 Å². The maximum absolute atomic E-state index is 12.9. The molecule has 1 aliphatic heterocycles. The second kappa shape index (κ2) is 7.31. The van der Waals surface area contributed by atoms with E-state index in [-0.39, 0.29) is 11.9 Å². The lowest BCUT2D eigenvalue weighted by Crippen LogP contribution is -2.49. The van der Waals surface area contributed by atoms with Crippen LogP contribution in [0.2, 0.25) is 0 Å². The van der Waals surface area contributed by atoms with Crippen LogP contribution in [-0.4, -0.2) is 44.4 Å². The average Bonchev–Trinajstić information content (AvgIpc) is 2.47. The van der Waals surface area contributed by atoms with Gasteiger partial charge in [-0.2, -0.15) is 4.31 Å². The summed E-state index contributed by atoms with van der Waals surface area (Å²) < 4.78 is 32.6. The molecule has 2 rings (SSSR count). The fourth-order valence-electron chi connectivity index (χ4n) is 2.87. The van der Waals surface area contributed by atoms with Crippen molar-refractivity contribution < 1.29 is 17.9 Å². The van der Waals surface area contributed by atoms with Crippen molar-refractivity contribution in [1.29, 1.82) is 0 Å². The van der Waals surface area contributed by atoms with Crippen molar-refractivity contribution in [3.8, 4) is 5.75 Å². The number of nitrogens with one attached hydrogen (secondary N) is 1. The van der Waals surface area contributed by atoms with Crippen molar-refractivity contribution in [2.45, 2.75) is 44.6 Å².